The summed E-state index contributed by atoms with van der Waals surface area (Å²) >= 11 is 1.71. The van der Waals surface area contributed by atoms with Gasteiger partial charge in [0.05, 0.1) is 6.04 Å². The van der Waals surface area contributed by atoms with Gasteiger partial charge in [0.2, 0.25) is 0 Å². The third-order valence-corrected chi connectivity index (χ3v) is 5.70. The molecule has 3 aromatic rings. The van der Waals surface area contributed by atoms with Crippen molar-refractivity contribution in [3.05, 3.63) is 87.6 Å². The number of carbonyl (C=O) groups excluding carboxylic acids is 1. The van der Waals surface area contributed by atoms with E-state index in [-0.39, 0.29) is 11.9 Å². The average molecular weight is 394 g/mol. The lowest BCUT2D eigenvalue weighted by molar-refractivity contribution is 0.0932. The maximum atomic E-state index is 12.9. The van der Waals surface area contributed by atoms with Gasteiger partial charge >= 0.3 is 0 Å². The molecule has 1 aromatic heterocycles. The van der Waals surface area contributed by atoms with E-state index in [4.69, 9.17) is 4.74 Å². The molecule has 0 fully saturated rings. The van der Waals surface area contributed by atoms with Gasteiger partial charge in [0.1, 0.15) is 12.4 Å². The molecule has 146 valence electrons. The van der Waals surface area contributed by atoms with Crippen LogP contribution in [0.15, 0.2) is 66.0 Å². The first-order valence-electron chi connectivity index (χ1n) is 9.64. The smallest absolute Gasteiger partial charge is 0.251 e. The molecule has 3 rings (SSSR count). The summed E-state index contributed by atoms with van der Waals surface area (Å²) in [5.74, 6) is 1.28. The molecule has 0 aliphatic heterocycles. The van der Waals surface area contributed by atoms with Crippen molar-refractivity contribution in [1.82, 2.24) is 5.32 Å². The van der Waals surface area contributed by atoms with Crippen LogP contribution in [0.2, 0.25) is 0 Å². The van der Waals surface area contributed by atoms with Gasteiger partial charge in [0.15, 0.2) is 0 Å². The summed E-state index contributed by atoms with van der Waals surface area (Å²) in [6.45, 7) is 6.91. The van der Waals surface area contributed by atoms with Gasteiger partial charge in [-0.3, -0.25) is 4.79 Å². The van der Waals surface area contributed by atoms with Crippen LogP contribution in [0.4, 0.5) is 0 Å². The zero-order chi connectivity index (χ0) is 19.9. The molecule has 28 heavy (non-hydrogen) atoms. The van der Waals surface area contributed by atoms with Crippen molar-refractivity contribution < 1.29 is 9.53 Å². The SMILES string of the molecule is Cc1ccsc1C(CC(C)C)NC(=O)c1cccc(COc2ccccc2)c1. The fourth-order valence-corrected chi connectivity index (χ4v) is 4.16. The summed E-state index contributed by atoms with van der Waals surface area (Å²) in [7, 11) is 0. The van der Waals surface area contributed by atoms with Crippen LogP contribution in [0.25, 0.3) is 0 Å². The minimum Gasteiger partial charge on any atom is -0.489 e. The van der Waals surface area contributed by atoms with Gasteiger partial charge in [-0.05, 0) is 66.1 Å². The first kappa shape index (κ1) is 20.2. The van der Waals surface area contributed by atoms with Gasteiger partial charge in [0, 0.05) is 10.4 Å². The molecule has 4 heteroatoms. The summed E-state index contributed by atoms with van der Waals surface area (Å²) in [4.78, 5) is 14.2. The van der Waals surface area contributed by atoms with Crippen LogP contribution in [0.5, 0.6) is 5.75 Å². The monoisotopic (exact) mass is 393 g/mol. The fraction of sp³-hybridized carbons (Fsp3) is 0.292. The molecule has 2 aromatic carbocycles. The lowest BCUT2D eigenvalue weighted by Gasteiger charge is -2.21. The number of rotatable bonds is 8. The van der Waals surface area contributed by atoms with Gasteiger partial charge in [-0.15, -0.1) is 11.3 Å². The van der Waals surface area contributed by atoms with Crippen molar-refractivity contribution in [1.29, 1.82) is 0 Å². The lowest BCUT2D eigenvalue weighted by atomic mass is 10.00. The number of hydrogen-bond donors (Lipinski definition) is 1. The number of hydrogen-bond acceptors (Lipinski definition) is 3. The molecule has 1 unspecified atom stereocenters. The van der Waals surface area contributed by atoms with Crippen LogP contribution in [0.1, 0.15) is 52.7 Å². The highest BCUT2D eigenvalue weighted by Gasteiger charge is 2.20. The molecule has 0 spiro atoms. The standard InChI is InChI=1S/C24H27NO2S/c1-17(2)14-22(23-18(3)12-13-28-23)25-24(26)20-9-7-8-19(15-20)16-27-21-10-5-4-6-11-21/h4-13,15,17,22H,14,16H2,1-3H3,(H,25,26). The summed E-state index contributed by atoms with van der Waals surface area (Å²) < 4.78 is 5.81. The van der Waals surface area contributed by atoms with Crippen molar-refractivity contribution in [3.8, 4) is 5.75 Å². The zero-order valence-corrected chi connectivity index (χ0v) is 17.5. The Balaban J connectivity index is 1.69. The molecule has 0 saturated heterocycles. The third kappa shape index (κ3) is 5.46. The van der Waals surface area contributed by atoms with E-state index < -0.39 is 0 Å². The number of aryl methyl sites for hydroxylation is 1. The quantitative estimate of drug-likeness (QED) is 0.498. The number of carbonyl (C=O) groups is 1. The first-order valence-corrected chi connectivity index (χ1v) is 10.5. The minimum absolute atomic E-state index is 0.0386. The van der Waals surface area contributed by atoms with Crippen molar-refractivity contribution in [3.63, 3.8) is 0 Å². The van der Waals surface area contributed by atoms with E-state index in [9.17, 15) is 4.79 Å². The summed E-state index contributed by atoms with van der Waals surface area (Å²) in [5.41, 5.74) is 2.88. The summed E-state index contributed by atoms with van der Waals surface area (Å²) in [6, 6.07) is 19.5. The Morgan fingerprint density at radius 3 is 2.54 bits per heavy atom. The van der Waals surface area contributed by atoms with Gasteiger partial charge in [-0.25, -0.2) is 0 Å². The second kappa shape index (κ2) is 9.56. The van der Waals surface area contributed by atoms with Crippen LogP contribution < -0.4 is 10.1 Å². The van der Waals surface area contributed by atoms with Crippen LogP contribution in [0.3, 0.4) is 0 Å². The van der Waals surface area contributed by atoms with Gasteiger partial charge in [-0.1, -0.05) is 44.2 Å². The molecular weight excluding hydrogens is 366 g/mol. The topological polar surface area (TPSA) is 38.3 Å². The number of nitrogens with one attached hydrogen (secondary N) is 1. The van der Waals surface area contributed by atoms with Gasteiger partial charge in [0.25, 0.3) is 5.91 Å². The minimum atomic E-state index is -0.0417. The Bertz CT molecular complexity index is 902. The highest BCUT2D eigenvalue weighted by atomic mass is 32.1. The average Bonchev–Trinajstić information content (AvgIpc) is 3.12. The molecule has 1 amide bonds. The maximum Gasteiger partial charge on any atom is 0.251 e. The van der Waals surface area contributed by atoms with Crippen molar-refractivity contribution in [2.75, 3.05) is 0 Å². The molecule has 1 atom stereocenters. The number of benzene rings is 2. The number of amides is 1. The molecule has 0 radical (unpaired) electrons. The van der Waals surface area contributed by atoms with Crippen LogP contribution in [-0.2, 0) is 6.61 Å². The van der Waals surface area contributed by atoms with Gasteiger partial charge < -0.3 is 10.1 Å². The van der Waals surface area contributed by atoms with E-state index in [0.717, 1.165) is 17.7 Å². The second-order valence-electron chi connectivity index (χ2n) is 7.43. The molecule has 1 N–H and O–H groups in total. The highest BCUT2D eigenvalue weighted by Crippen LogP contribution is 2.29. The van der Waals surface area contributed by atoms with Gasteiger partial charge in [-0.2, -0.15) is 0 Å². The van der Waals surface area contributed by atoms with E-state index >= 15 is 0 Å². The normalized spacial score (nSPS) is 12.0. The molecule has 0 saturated carbocycles. The van der Waals surface area contributed by atoms with Crippen LogP contribution >= 0.6 is 11.3 Å². The van der Waals surface area contributed by atoms with E-state index in [1.165, 1.54) is 10.4 Å². The lowest BCUT2D eigenvalue weighted by Crippen LogP contribution is -2.29. The predicted octanol–water partition coefficient (Wildman–Crippen LogP) is 6.15. The van der Waals surface area contributed by atoms with Crippen LogP contribution in [-0.4, -0.2) is 5.91 Å². The van der Waals surface area contributed by atoms with E-state index in [1.54, 1.807) is 11.3 Å². The fourth-order valence-electron chi connectivity index (χ4n) is 3.17. The number of thiophene rings is 1. The largest absolute Gasteiger partial charge is 0.489 e. The first-order chi connectivity index (χ1) is 13.5. The molecular formula is C24H27NO2S. The Morgan fingerprint density at radius 2 is 1.86 bits per heavy atom. The zero-order valence-electron chi connectivity index (χ0n) is 16.6. The van der Waals surface area contributed by atoms with E-state index in [2.05, 4.69) is 37.5 Å². The van der Waals surface area contributed by atoms with Crippen molar-refractivity contribution >= 4 is 17.2 Å². The van der Waals surface area contributed by atoms with E-state index in [1.807, 2.05) is 54.6 Å². The highest BCUT2D eigenvalue weighted by molar-refractivity contribution is 7.10. The summed E-state index contributed by atoms with van der Waals surface area (Å²) in [5, 5.41) is 5.33. The maximum absolute atomic E-state index is 12.9. The molecule has 0 aliphatic rings. The number of ether oxygens (including phenoxy) is 1. The molecule has 1 heterocycles. The Hall–Kier alpha value is -2.59. The Kier molecular flexibility index (Phi) is 6.88. The molecule has 0 bridgehead atoms. The van der Waals surface area contributed by atoms with Crippen molar-refractivity contribution in [2.45, 2.75) is 39.8 Å². The molecule has 0 aliphatic carbocycles. The predicted molar refractivity (Wildman–Crippen MR) is 116 cm³/mol. The number of para-hydroxylation sites is 1. The van der Waals surface area contributed by atoms with E-state index in [0.29, 0.717) is 18.1 Å². The molecule has 3 nitrogen and oxygen atoms in total. The third-order valence-electron chi connectivity index (χ3n) is 4.57. The Morgan fingerprint density at radius 1 is 1.07 bits per heavy atom. The summed E-state index contributed by atoms with van der Waals surface area (Å²) in [6.07, 6.45) is 0.921. The second-order valence-corrected chi connectivity index (χ2v) is 8.37. The van der Waals surface area contributed by atoms with Crippen LogP contribution in [0, 0.1) is 12.8 Å². The van der Waals surface area contributed by atoms with Crippen molar-refractivity contribution in [2.24, 2.45) is 5.92 Å². The Labute approximate surface area is 171 Å².